The summed E-state index contributed by atoms with van der Waals surface area (Å²) in [6, 6.07) is 5.18. The number of anilines is 2. The average Bonchev–Trinajstić information content (AvgIpc) is 3.30. The van der Waals surface area contributed by atoms with Gasteiger partial charge in [0.25, 0.3) is 0 Å². The maximum absolute atomic E-state index is 14.5. The number of fused-ring (bicyclic) bond motifs is 1. The second-order valence-corrected chi connectivity index (χ2v) is 11.5. The van der Waals surface area contributed by atoms with Crippen LogP contribution in [0.3, 0.4) is 0 Å². The number of hydrazine groups is 1. The lowest BCUT2D eigenvalue weighted by Gasteiger charge is -2.31. The van der Waals surface area contributed by atoms with Crippen molar-refractivity contribution in [3.8, 4) is 5.88 Å². The second kappa shape index (κ2) is 12.1. The number of esters is 1. The number of nitrogens with one attached hydrogen (secondary N) is 1. The summed E-state index contributed by atoms with van der Waals surface area (Å²) < 4.78 is 54.1. The zero-order chi connectivity index (χ0) is 30.2. The number of carbonyl (C=O) groups excluding carboxylic acids is 1. The van der Waals surface area contributed by atoms with Gasteiger partial charge in [-0.3, -0.25) is 14.7 Å². The number of alkyl halides is 3. The molecule has 1 aromatic heterocycles. The van der Waals surface area contributed by atoms with Gasteiger partial charge in [0, 0.05) is 35.4 Å². The molecule has 5 rings (SSSR count). The summed E-state index contributed by atoms with van der Waals surface area (Å²) in [5.74, 6) is -0.118. The van der Waals surface area contributed by atoms with E-state index < -0.39 is 12.3 Å². The smallest absolute Gasteiger partial charge is 0.429 e. The highest BCUT2D eigenvalue weighted by Gasteiger charge is 2.45. The molecule has 42 heavy (non-hydrogen) atoms. The van der Waals surface area contributed by atoms with Gasteiger partial charge in [0.05, 0.1) is 18.5 Å². The highest BCUT2D eigenvalue weighted by Crippen LogP contribution is 2.43. The first kappa shape index (κ1) is 30.1. The lowest BCUT2D eigenvalue weighted by molar-refractivity contribution is -0.198. The lowest BCUT2D eigenvalue weighted by Crippen LogP contribution is -2.40. The van der Waals surface area contributed by atoms with E-state index in [1.54, 1.807) is 6.20 Å². The Bertz CT molecular complexity index is 1390. The predicted octanol–water partition coefficient (Wildman–Crippen LogP) is 5.30. The van der Waals surface area contributed by atoms with Gasteiger partial charge in [-0.2, -0.15) is 18.2 Å². The molecule has 13 heteroatoms. The van der Waals surface area contributed by atoms with Crippen molar-refractivity contribution in [1.82, 2.24) is 20.3 Å². The molecule has 3 heterocycles. The summed E-state index contributed by atoms with van der Waals surface area (Å²) in [5.41, 5.74) is 10.4. The number of rotatable bonds is 6. The third-order valence-corrected chi connectivity index (χ3v) is 8.38. The highest BCUT2D eigenvalue weighted by atomic mass is 35.5. The van der Waals surface area contributed by atoms with Gasteiger partial charge < -0.3 is 15.2 Å². The van der Waals surface area contributed by atoms with Crippen molar-refractivity contribution in [1.29, 1.82) is 0 Å². The average molecular weight is 607 g/mol. The third kappa shape index (κ3) is 6.50. The van der Waals surface area contributed by atoms with E-state index in [0.29, 0.717) is 24.5 Å². The number of carbonyl (C=O) groups is 1. The fraction of sp³-hybridized carbons (Fsp3) is 0.483. The second-order valence-electron chi connectivity index (χ2n) is 11.1. The summed E-state index contributed by atoms with van der Waals surface area (Å²) in [6.07, 6.45) is 1.24. The van der Waals surface area contributed by atoms with Gasteiger partial charge >= 0.3 is 12.1 Å². The fourth-order valence-corrected chi connectivity index (χ4v) is 6.19. The molecule has 4 unspecified atom stereocenters. The van der Waals surface area contributed by atoms with Crippen LogP contribution in [0, 0.1) is 11.8 Å². The minimum Gasteiger partial charge on any atom is -0.468 e. The van der Waals surface area contributed by atoms with Crippen LogP contribution in [-0.2, 0) is 9.53 Å². The number of likely N-dealkylation sites (N-methyl/N-ethyl adjacent to an activating group) is 1. The van der Waals surface area contributed by atoms with E-state index in [2.05, 4.69) is 15.4 Å². The first-order valence-corrected chi connectivity index (χ1v) is 14.2. The van der Waals surface area contributed by atoms with Crippen LogP contribution in [0.25, 0.3) is 5.57 Å². The number of aromatic nitrogens is 2. The van der Waals surface area contributed by atoms with E-state index in [-0.39, 0.29) is 52.1 Å². The number of methoxy groups -OCH3 is 1. The number of hydrogen-bond donors (Lipinski definition) is 2. The Morgan fingerprint density at radius 3 is 2.69 bits per heavy atom. The first-order chi connectivity index (χ1) is 19.9. The number of allylic oxidation sites excluding steroid dienone is 2. The molecule has 1 aliphatic carbocycles. The Balaban J connectivity index is 1.41. The quantitative estimate of drug-likeness (QED) is 0.424. The molecule has 2 aliphatic heterocycles. The summed E-state index contributed by atoms with van der Waals surface area (Å²) in [5, 5.41) is 1.77. The van der Waals surface area contributed by atoms with Crippen LogP contribution < -0.4 is 20.9 Å². The molecule has 3 N–H and O–H groups in total. The Hall–Kier alpha value is -3.35. The Morgan fingerprint density at radius 2 is 2.00 bits per heavy atom. The number of ether oxygens (including phenoxy) is 2. The van der Waals surface area contributed by atoms with Crippen LogP contribution in [0.2, 0.25) is 5.02 Å². The van der Waals surface area contributed by atoms with Crippen LogP contribution in [0.15, 0.2) is 42.6 Å². The van der Waals surface area contributed by atoms with Gasteiger partial charge in [0.15, 0.2) is 0 Å². The van der Waals surface area contributed by atoms with Gasteiger partial charge in [-0.15, -0.1) is 0 Å². The molecule has 1 fully saturated rings. The molecule has 0 saturated carbocycles. The zero-order valence-corrected chi connectivity index (χ0v) is 24.3. The van der Waals surface area contributed by atoms with E-state index in [9.17, 15) is 18.0 Å². The Morgan fingerprint density at radius 1 is 1.21 bits per heavy atom. The number of nitrogens with zero attached hydrogens (tertiary/aromatic N) is 4. The number of benzene rings is 1. The summed E-state index contributed by atoms with van der Waals surface area (Å²) >= 11 is 6.17. The van der Waals surface area contributed by atoms with Crippen molar-refractivity contribution >= 4 is 34.8 Å². The Labute approximate surface area is 247 Å². The monoisotopic (exact) mass is 606 g/mol. The third-order valence-electron chi connectivity index (χ3n) is 8.14. The number of nitrogens with two attached hydrogens (primary N) is 1. The topological polar surface area (TPSA) is 106 Å². The molecule has 1 saturated heterocycles. The molecular weight excluding hydrogens is 573 g/mol. The van der Waals surface area contributed by atoms with Gasteiger partial charge in [-0.05, 0) is 75.3 Å². The molecule has 0 bridgehead atoms. The molecule has 5 atom stereocenters. The number of nitrogen functional groups attached to an aromatic ring is 1. The SMILES string of the molecule is COC(=O)C1CCC2CC(c3cc(O[C@H](c4ccc(Cl)cc4N4C=CC(C)N4)C(F)(F)F)nc(N)n3)=CCC2CN1C. The van der Waals surface area contributed by atoms with Crippen molar-refractivity contribution in [3.63, 3.8) is 0 Å². The summed E-state index contributed by atoms with van der Waals surface area (Å²) in [4.78, 5) is 22.6. The van der Waals surface area contributed by atoms with E-state index in [1.165, 1.54) is 36.4 Å². The van der Waals surface area contributed by atoms with Crippen LogP contribution in [-0.4, -0.2) is 59.8 Å². The molecule has 226 valence electrons. The van der Waals surface area contributed by atoms with Crippen LogP contribution in [0.1, 0.15) is 50.0 Å². The van der Waals surface area contributed by atoms with Gasteiger partial charge in [0.1, 0.15) is 6.04 Å². The van der Waals surface area contributed by atoms with E-state index in [1.807, 2.05) is 31.0 Å². The molecule has 9 nitrogen and oxygen atoms in total. The Kier molecular flexibility index (Phi) is 8.68. The molecule has 0 amide bonds. The predicted molar refractivity (Wildman–Crippen MR) is 153 cm³/mol. The van der Waals surface area contributed by atoms with Crippen molar-refractivity contribution < 1.29 is 27.4 Å². The molecule has 2 aromatic rings. The lowest BCUT2D eigenvalue weighted by atomic mass is 9.77. The van der Waals surface area contributed by atoms with Gasteiger partial charge in [-0.25, -0.2) is 10.4 Å². The van der Waals surface area contributed by atoms with E-state index in [4.69, 9.17) is 26.8 Å². The van der Waals surface area contributed by atoms with Crippen LogP contribution in [0.5, 0.6) is 5.88 Å². The molecule has 1 aromatic carbocycles. The number of halogens is 4. The highest BCUT2D eigenvalue weighted by molar-refractivity contribution is 6.30. The minimum atomic E-state index is -4.78. The van der Waals surface area contributed by atoms with Crippen molar-refractivity contribution in [3.05, 3.63) is 58.9 Å². The van der Waals surface area contributed by atoms with Gasteiger partial charge in [-0.1, -0.05) is 23.7 Å². The first-order valence-electron chi connectivity index (χ1n) is 13.8. The van der Waals surface area contributed by atoms with Crippen LogP contribution in [0.4, 0.5) is 24.8 Å². The summed E-state index contributed by atoms with van der Waals surface area (Å²) in [7, 11) is 3.32. The number of likely N-dealkylation sites (tertiary alicyclic amines) is 1. The molecule has 0 spiro atoms. The standard InChI is InChI=1S/C29H34ClF3N6O3/c1-16-10-11-39(37-16)24-13-20(30)7-8-21(24)26(29(31,32)33)42-25-14-22(35-28(34)36-25)18-4-5-19-15-38(2)23(27(40)41-3)9-6-17(19)12-18/h4,7-8,10-11,13-14,16-17,19,23,26,37H,5-6,9,12,15H2,1-3H3,(H2,34,35,36)/t16?,17?,19?,23?,26-/m1/s1. The fourth-order valence-electron chi connectivity index (χ4n) is 6.03. The zero-order valence-electron chi connectivity index (χ0n) is 23.6. The normalized spacial score (nSPS) is 25.4. The van der Waals surface area contributed by atoms with Crippen LogP contribution >= 0.6 is 11.6 Å². The minimum absolute atomic E-state index is 0.0742. The van der Waals surface area contributed by atoms with Crippen molar-refractivity contribution in [2.24, 2.45) is 11.8 Å². The maximum atomic E-state index is 14.5. The maximum Gasteiger partial charge on any atom is 0.429 e. The van der Waals surface area contributed by atoms with E-state index >= 15 is 0 Å². The van der Waals surface area contributed by atoms with Crippen molar-refractivity contribution in [2.75, 3.05) is 31.4 Å². The largest absolute Gasteiger partial charge is 0.468 e. The summed E-state index contributed by atoms with van der Waals surface area (Å²) in [6.45, 7) is 2.61. The molecule has 0 radical (unpaired) electrons. The van der Waals surface area contributed by atoms with Gasteiger partial charge in [0.2, 0.25) is 17.9 Å². The molecular formula is C29H34ClF3N6O3. The number of hydrogen-bond acceptors (Lipinski definition) is 9. The van der Waals surface area contributed by atoms with Crippen molar-refractivity contribution in [2.45, 2.75) is 57.0 Å². The van der Waals surface area contributed by atoms with E-state index in [0.717, 1.165) is 25.0 Å². The molecule has 3 aliphatic rings.